The van der Waals surface area contributed by atoms with Gasteiger partial charge in [0.2, 0.25) is 0 Å². The van der Waals surface area contributed by atoms with Crippen molar-refractivity contribution < 1.29 is 28.7 Å². The van der Waals surface area contributed by atoms with Gasteiger partial charge in [0.1, 0.15) is 18.8 Å². The molecule has 0 bridgehead atoms. The summed E-state index contributed by atoms with van der Waals surface area (Å²) >= 11 is 5.89. The highest BCUT2D eigenvalue weighted by atomic mass is 35.5. The molecule has 1 fully saturated rings. The van der Waals surface area contributed by atoms with Crippen molar-refractivity contribution in [1.82, 2.24) is 9.80 Å². The zero-order valence-corrected chi connectivity index (χ0v) is 15.2. The highest BCUT2D eigenvalue weighted by Gasteiger charge is 2.35. The van der Waals surface area contributed by atoms with E-state index in [1.54, 1.807) is 12.1 Å². The van der Waals surface area contributed by atoms with Gasteiger partial charge in [0.05, 0.1) is 12.8 Å². The summed E-state index contributed by atoms with van der Waals surface area (Å²) in [6.45, 7) is 0.709. The molecule has 26 heavy (non-hydrogen) atoms. The van der Waals surface area contributed by atoms with E-state index in [9.17, 15) is 19.2 Å². The zero-order valence-electron chi connectivity index (χ0n) is 14.4. The molecular formula is C16H18ClN3O6. The second-order valence-electron chi connectivity index (χ2n) is 5.58. The second-order valence-corrected chi connectivity index (χ2v) is 6.02. The van der Waals surface area contributed by atoms with Crippen molar-refractivity contribution >= 4 is 41.1 Å². The minimum Gasteiger partial charge on any atom is -0.495 e. The lowest BCUT2D eigenvalue weighted by Crippen LogP contribution is -2.39. The number of halogens is 1. The monoisotopic (exact) mass is 383 g/mol. The Morgan fingerprint density at radius 2 is 2.04 bits per heavy atom. The van der Waals surface area contributed by atoms with Crippen LogP contribution in [0, 0.1) is 0 Å². The summed E-state index contributed by atoms with van der Waals surface area (Å²) in [7, 11) is 2.88. The molecule has 1 aromatic rings. The molecule has 0 saturated carbocycles. The number of carbonyl (C=O) groups excluding carboxylic acids is 4. The quantitative estimate of drug-likeness (QED) is 0.582. The van der Waals surface area contributed by atoms with Crippen LogP contribution < -0.4 is 10.1 Å². The van der Waals surface area contributed by atoms with Crippen LogP contribution in [-0.4, -0.2) is 67.0 Å². The van der Waals surface area contributed by atoms with Gasteiger partial charge in [0.15, 0.2) is 6.10 Å². The second kappa shape index (κ2) is 8.05. The number of urea groups is 1. The smallest absolute Gasteiger partial charge is 0.327 e. The molecule has 2 rings (SSSR count). The number of hydrogen-bond acceptors (Lipinski definition) is 6. The third-order valence-electron chi connectivity index (χ3n) is 3.61. The summed E-state index contributed by atoms with van der Waals surface area (Å²) in [4.78, 5) is 49.5. The van der Waals surface area contributed by atoms with Crippen LogP contribution in [0.25, 0.3) is 0 Å². The van der Waals surface area contributed by atoms with Gasteiger partial charge in [0.25, 0.3) is 11.8 Å². The maximum atomic E-state index is 12.2. The van der Waals surface area contributed by atoms with Crippen LogP contribution in [0.15, 0.2) is 18.2 Å². The van der Waals surface area contributed by atoms with E-state index in [0.717, 1.165) is 4.90 Å². The van der Waals surface area contributed by atoms with Crippen molar-refractivity contribution in [2.45, 2.75) is 13.0 Å². The number of anilines is 1. The topological polar surface area (TPSA) is 105 Å². The van der Waals surface area contributed by atoms with E-state index < -0.39 is 36.5 Å². The summed E-state index contributed by atoms with van der Waals surface area (Å²) in [5, 5.41) is 2.93. The molecule has 0 aromatic heterocycles. The van der Waals surface area contributed by atoms with Gasteiger partial charge in [0, 0.05) is 12.1 Å². The summed E-state index contributed by atoms with van der Waals surface area (Å²) in [6.07, 6.45) is -1.16. The number of carbonyl (C=O) groups is 4. The molecule has 0 aliphatic carbocycles. The van der Waals surface area contributed by atoms with E-state index in [0.29, 0.717) is 16.5 Å². The summed E-state index contributed by atoms with van der Waals surface area (Å²) in [5.74, 6) is -1.61. The summed E-state index contributed by atoms with van der Waals surface area (Å²) in [5.41, 5.74) is 0.319. The maximum absolute atomic E-state index is 12.2. The minimum atomic E-state index is -1.16. The SMILES string of the molecule is COc1ccc(Cl)cc1NC(=O)[C@@H](C)OC(=O)CN1C(=O)CN(C)C1=O. The van der Waals surface area contributed by atoms with E-state index in [-0.39, 0.29) is 6.54 Å². The number of imide groups is 1. The fourth-order valence-electron chi connectivity index (χ4n) is 2.25. The number of methoxy groups -OCH3 is 1. The first kappa shape index (κ1) is 19.5. The third-order valence-corrected chi connectivity index (χ3v) is 3.85. The number of benzene rings is 1. The fourth-order valence-corrected chi connectivity index (χ4v) is 2.43. The van der Waals surface area contributed by atoms with E-state index in [4.69, 9.17) is 21.1 Å². The van der Waals surface area contributed by atoms with Crippen molar-refractivity contribution in [3.05, 3.63) is 23.2 Å². The molecule has 140 valence electrons. The standard InChI is InChI=1S/C16H18ClN3O6/c1-9(15(23)18-11-6-10(17)4-5-12(11)25-3)26-14(22)8-20-13(21)7-19(2)16(20)24/h4-6,9H,7-8H2,1-3H3,(H,18,23)/t9-/m1/s1. The average Bonchev–Trinajstić information content (AvgIpc) is 2.81. The first-order chi connectivity index (χ1) is 12.2. The van der Waals surface area contributed by atoms with Gasteiger partial charge in [-0.05, 0) is 25.1 Å². The number of nitrogens with zero attached hydrogens (tertiary/aromatic N) is 2. The lowest BCUT2D eigenvalue weighted by atomic mass is 10.2. The van der Waals surface area contributed by atoms with E-state index in [1.165, 1.54) is 32.0 Å². The maximum Gasteiger partial charge on any atom is 0.327 e. The van der Waals surface area contributed by atoms with Crippen molar-refractivity contribution in [2.24, 2.45) is 0 Å². The third kappa shape index (κ3) is 4.42. The molecule has 10 heteroatoms. The molecular weight excluding hydrogens is 366 g/mol. The molecule has 1 atom stereocenters. The predicted octanol–water partition coefficient (Wildman–Crippen LogP) is 1.11. The van der Waals surface area contributed by atoms with Gasteiger partial charge in [-0.25, -0.2) is 4.79 Å². The van der Waals surface area contributed by atoms with Crippen molar-refractivity contribution in [1.29, 1.82) is 0 Å². The van der Waals surface area contributed by atoms with Crippen LogP contribution in [0.1, 0.15) is 6.92 Å². The Morgan fingerprint density at radius 3 is 2.62 bits per heavy atom. The van der Waals surface area contributed by atoms with Crippen molar-refractivity contribution in [3.63, 3.8) is 0 Å². The number of ether oxygens (including phenoxy) is 2. The fraction of sp³-hybridized carbons (Fsp3) is 0.375. The van der Waals surface area contributed by atoms with Gasteiger partial charge in [-0.15, -0.1) is 0 Å². The summed E-state index contributed by atoms with van der Waals surface area (Å²) in [6, 6.07) is 4.08. The van der Waals surface area contributed by atoms with Crippen molar-refractivity contribution in [2.75, 3.05) is 32.6 Å². The normalized spacial score (nSPS) is 15.1. The van der Waals surface area contributed by atoms with Crippen LogP contribution in [-0.2, 0) is 19.1 Å². The Kier molecular flexibility index (Phi) is 6.04. The number of hydrogen-bond donors (Lipinski definition) is 1. The van der Waals surface area contributed by atoms with Crippen LogP contribution >= 0.6 is 11.6 Å². The molecule has 1 aliphatic heterocycles. The molecule has 0 unspecified atom stereocenters. The first-order valence-electron chi connectivity index (χ1n) is 7.62. The molecule has 0 spiro atoms. The number of likely N-dealkylation sites (N-methyl/N-ethyl adjacent to an activating group) is 1. The Morgan fingerprint density at radius 1 is 1.35 bits per heavy atom. The van der Waals surface area contributed by atoms with Crippen molar-refractivity contribution in [3.8, 4) is 5.75 Å². The molecule has 4 amide bonds. The first-order valence-corrected chi connectivity index (χ1v) is 8.00. The molecule has 1 N–H and O–H groups in total. The van der Waals surface area contributed by atoms with Crippen LogP contribution in [0.4, 0.5) is 10.5 Å². The van der Waals surface area contributed by atoms with E-state index in [2.05, 4.69) is 5.32 Å². The Balaban J connectivity index is 1.95. The molecule has 0 radical (unpaired) electrons. The van der Waals surface area contributed by atoms with Crippen LogP contribution in [0.5, 0.6) is 5.75 Å². The Labute approximate surface area is 154 Å². The predicted molar refractivity (Wildman–Crippen MR) is 91.9 cm³/mol. The highest BCUT2D eigenvalue weighted by Crippen LogP contribution is 2.27. The van der Waals surface area contributed by atoms with E-state index in [1.807, 2.05) is 0 Å². The largest absolute Gasteiger partial charge is 0.495 e. The zero-order chi connectivity index (χ0) is 19.4. The number of rotatable bonds is 6. The van der Waals surface area contributed by atoms with E-state index >= 15 is 0 Å². The van der Waals surface area contributed by atoms with Gasteiger partial charge >= 0.3 is 12.0 Å². The minimum absolute atomic E-state index is 0.100. The highest BCUT2D eigenvalue weighted by molar-refractivity contribution is 6.31. The molecule has 1 heterocycles. The molecule has 1 aromatic carbocycles. The lowest BCUT2D eigenvalue weighted by molar-refractivity contribution is -0.154. The lowest BCUT2D eigenvalue weighted by Gasteiger charge is -2.17. The molecule has 1 aliphatic rings. The summed E-state index contributed by atoms with van der Waals surface area (Å²) < 4.78 is 10.1. The van der Waals surface area contributed by atoms with Crippen LogP contribution in [0.3, 0.4) is 0 Å². The van der Waals surface area contributed by atoms with Gasteiger partial charge in [-0.2, -0.15) is 0 Å². The Bertz CT molecular complexity index is 754. The number of esters is 1. The van der Waals surface area contributed by atoms with Gasteiger partial charge < -0.3 is 19.7 Å². The Hall–Kier alpha value is -2.81. The number of amides is 4. The average molecular weight is 384 g/mol. The number of nitrogens with one attached hydrogen (secondary N) is 1. The molecule has 9 nitrogen and oxygen atoms in total. The molecule has 1 saturated heterocycles. The van der Waals surface area contributed by atoms with Crippen LogP contribution in [0.2, 0.25) is 5.02 Å². The van der Waals surface area contributed by atoms with Gasteiger partial charge in [-0.1, -0.05) is 11.6 Å². The van der Waals surface area contributed by atoms with Gasteiger partial charge in [-0.3, -0.25) is 19.3 Å².